The fraction of sp³-hybridized carbons (Fsp3) is 0.176. The molecule has 2 aromatic heterocycles. The highest BCUT2D eigenvalue weighted by molar-refractivity contribution is 7.14. The average molecular weight is 406 g/mol. The Kier molecular flexibility index (Phi) is 5.47. The zero-order valence-corrected chi connectivity index (χ0v) is 16.1. The highest BCUT2D eigenvalue weighted by Crippen LogP contribution is 2.31. The van der Waals surface area contributed by atoms with E-state index in [0.29, 0.717) is 16.4 Å². The molecule has 2 heterocycles. The minimum Gasteiger partial charge on any atom is -0.455 e. The van der Waals surface area contributed by atoms with E-state index in [4.69, 9.17) is 10.5 Å². The molecule has 3 aromatic rings. The van der Waals surface area contributed by atoms with Crippen LogP contribution in [-0.2, 0) is 16.1 Å². The summed E-state index contributed by atoms with van der Waals surface area (Å²) in [7, 11) is 0. The van der Waals surface area contributed by atoms with Gasteiger partial charge < -0.3 is 10.5 Å². The topological polar surface area (TPSA) is 98.4 Å². The first-order chi connectivity index (χ1) is 12.9. The monoisotopic (exact) mass is 406 g/mol. The molecule has 0 fully saturated rings. The van der Waals surface area contributed by atoms with Gasteiger partial charge in [-0.2, -0.15) is 4.37 Å². The second kappa shape index (κ2) is 7.80. The molecule has 0 aliphatic rings. The molecule has 10 heteroatoms. The fourth-order valence-corrected chi connectivity index (χ4v) is 3.87. The Morgan fingerprint density at radius 2 is 2.07 bits per heavy atom. The third-order valence-electron chi connectivity index (χ3n) is 3.58. The number of benzene rings is 1. The van der Waals surface area contributed by atoms with Gasteiger partial charge in [0.15, 0.2) is 5.13 Å². The van der Waals surface area contributed by atoms with Crippen molar-refractivity contribution in [3.8, 4) is 0 Å². The summed E-state index contributed by atoms with van der Waals surface area (Å²) in [5, 5.41) is 2.21. The SMILES string of the molecule is CC(=O)N(c1nc(COC(=O)c2c(C)nsc2N)cs1)c1ccccc1F. The third-order valence-corrected chi connectivity index (χ3v) is 5.22. The van der Waals surface area contributed by atoms with Gasteiger partial charge in [0.25, 0.3) is 0 Å². The van der Waals surface area contributed by atoms with Crippen LogP contribution in [0.1, 0.15) is 28.7 Å². The smallest absolute Gasteiger partial charge is 0.343 e. The molecule has 0 saturated heterocycles. The highest BCUT2D eigenvalue weighted by atomic mass is 32.1. The number of nitrogens with two attached hydrogens (primary N) is 1. The predicted molar refractivity (Wildman–Crippen MR) is 102 cm³/mol. The van der Waals surface area contributed by atoms with E-state index < -0.39 is 11.8 Å². The minimum absolute atomic E-state index is 0.104. The molecule has 2 N–H and O–H groups in total. The summed E-state index contributed by atoms with van der Waals surface area (Å²) < 4.78 is 23.3. The summed E-state index contributed by atoms with van der Waals surface area (Å²) in [5.41, 5.74) is 7.02. The summed E-state index contributed by atoms with van der Waals surface area (Å²) >= 11 is 2.17. The number of hydrogen-bond donors (Lipinski definition) is 1. The Morgan fingerprint density at radius 1 is 1.33 bits per heavy atom. The Labute approximate surface area is 162 Å². The summed E-state index contributed by atoms with van der Waals surface area (Å²) in [5.74, 6) is -1.51. The maximum atomic E-state index is 14.1. The molecule has 0 aliphatic heterocycles. The largest absolute Gasteiger partial charge is 0.455 e. The van der Waals surface area contributed by atoms with Crippen molar-refractivity contribution in [3.63, 3.8) is 0 Å². The Balaban J connectivity index is 1.77. The normalized spacial score (nSPS) is 10.6. The van der Waals surface area contributed by atoms with E-state index in [9.17, 15) is 14.0 Å². The Morgan fingerprint density at radius 3 is 2.70 bits per heavy atom. The van der Waals surface area contributed by atoms with Crippen molar-refractivity contribution in [2.75, 3.05) is 10.6 Å². The third kappa shape index (κ3) is 3.96. The fourth-order valence-electron chi connectivity index (χ4n) is 2.35. The second-order valence-corrected chi connectivity index (χ2v) is 7.15. The highest BCUT2D eigenvalue weighted by Gasteiger charge is 2.22. The van der Waals surface area contributed by atoms with Crippen molar-refractivity contribution in [2.45, 2.75) is 20.5 Å². The average Bonchev–Trinajstić information content (AvgIpc) is 3.21. The molecule has 1 amide bonds. The van der Waals surface area contributed by atoms with Crippen LogP contribution in [-0.4, -0.2) is 21.2 Å². The van der Waals surface area contributed by atoms with Crippen molar-refractivity contribution >= 4 is 50.6 Å². The lowest BCUT2D eigenvalue weighted by atomic mass is 10.2. The van der Waals surface area contributed by atoms with Crippen LogP contribution in [0, 0.1) is 12.7 Å². The molecule has 0 radical (unpaired) electrons. The predicted octanol–water partition coefficient (Wildman–Crippen LogP) is 3.67. The van der Waals surface area contributed by atoms with Crippen molar-refractivity contribution in [2.24, 2.45) is 0 Å². The van der Waals surface area contributed by atoms with Gasteiger partial charge in [-0.05, 0) is 30.6 Å². The number of nitrogens with zero attached hydrogens (tertiary/aromatic N) is 3. The van der Waals surface area contributed by atoms with E-state index in [-0.39, 0.29) is 28.9 Å². The number of aromatic nitrogens is 2. The van der Waals surface area contributed by atoms with E-state index in [0.717, 1.165) is 22.9 Å². The number of rotatable bonds is 5. The van der Waals surface area contributed by atoms with Crippen LogP contribution in [0.15, 0.2) is 29.6 Å². The molecule has 0 atom stereocenters. The molecule has 0 unspecified atom stereocenters. The number of anilines is 3. The minimum atomic E-state index is -0.592. The van der Waals surface area contributed by atoms with Gasteiger partial charge in [0.2, 0.25) is 5.91 Å². The van der Waals surface area contributed by atoms with E-state index in [2.05, 4.69) is 9.36 Å². The lowest BCUT2D eigenvalue weighted by Gasteiger charge is -2.18. The molecule has 1 aromatic carbocycles. The van der Waals surface area contributed by atoms with Gasteiger partial charge >= 0.3 is 5.97 Å². The molecular formula is C17H15FN4O3S2. The number of amides is 1. The van der Waals surface area contributed by atoms with Gasteiger partial charge in [-0.25, -0.2) is 14.2 Å². The van der Waals surface area contributed by atoms with Crippen LogP contribution in [0.2, 0.25) is 0 Å². The zero-order chi connectivity index (χ0) is 19.6. The van der Waals surface area contributed by atoms with Crippen LogP contribution in [0.25, 0.3) is 0 Å². The first-order valence-electron chi connectivity index (χ1n) is 7.77. The number of aryl methyl sites for hydroxylation is 1. The first kappa shape index (κ1) is 18.9. The number of carbonyl (C=O) groups is 2. The van der Waals surface area contributed by atoms with E-state index in [1.807, 2.05) is 0 Å². The molecule has 7 nitrogen and oxygen atoms in total. The summed E-state index contributed by atoms with van der Waals surface area (Å²) in [6, 6.07) is 5.93. The van der Waals surface area contributed by atoms with Gasteiger partial charge in [-0.1, -0.05) is 12.1 Å². The van der Waals surface area contributed by atoms with Gasteiger partial charge in [-0.15, -0.1) is 11.3 Å². The number of halogens is 1. The molecule has 0 bridgehead atoms. The van der Waals surface area contributed by atoms with Crippen molar-refractivity contribution in [1.29, 1.82) is 0 Å². The molecule has 0 spiro atoms. The van der Waals surface area contributed by atoms with E-state index in [1.165, 1.54) is 30.0 Å². The summed E-state index contributed by atoms with van der Waals surface area (Å²) in [4.78, 5) is 29.6. The number of hydrogen-bond acceptors (Lipinski definition) is 8. The maximum Gasteiger partial charge on any atom is 0.343 e. The summed E-state index contributed by atoms with van der Waals surface area (Å²) in [6.07, 6.45) is 0. The number of carbonyl (C=O) groups excluding carboxylic acids is 2. The number of nitrogen functional groups attached to an aromatic ring is 1. The Bertz CT molecular complexity index is 982. The van der Waals surface area contributed by atoms with Gasteiger partial charge in [-0.3, -0.25) is 9.69 Å². The zero-order valence-electron chi connectivity index (χ0n) is 14.4. The van der Waals surface area contributed by atoms with Gasteiger partial charge in [0, 0.05) is 12.3 Å². The van der Waals surface area contributed by atoms with Crippen LogP contribution in [0.4, 0.5) is 20.2 Å². The quantitative estimate of drug-likeness (QED) is 0.649. The molecule has 0 saturated carbocycles. The molecule has 0 aliphatic carbocycles. The van der Waals surface area contributed by atoms with E-state index >= 15 is 0 Å². The van der Waals surface area contributed by atoms with Crippen LogP contribution in [0.5, 0.6) is 0 Å². The lowest BCUT2D eigenvalue weighted by Crippen LogP contribution is -2.23. The standard InChI is InChI=1S/C17H15FN4O3S2/c1-9-14(15(19)27-21-9)16(24)25-7-11-8-26-17(20-11)22(10(2)23)13-6-4-3-5-12(13)18/h3-6,8H,7,19H2,1-2H3. The van der Waals surface area contributed by atoms with Crippen molar-refractivity contribution in [1.82, 2.24) is 9.36 Å². The number of esters is 1. The molecule has 27 heavy (non-hydrogen) atoms. The van der Waals surface area contributed by atoms with Crippen LogP contribution >= 0.6 is 22.9 Å². The van der Waals surface area contributed by atoms with Crippen LogP contribution < -0.4 is 10.6 Å². The lowest BCUT2D eigenvalue weighted by molar-refractivity contribution is -0.115. The first-order valence-corrected chi connectivity index (χ1v) is 9.42. The van der Waals surface area contributed by atoms with E-state index in [1.54, 1.807) is 18.4 Å². The molecule has 3 rings (SSSR count). The number of ether oxygens (including phenoxy) is 1. The van der Waals surface area contributed by atoms with Gasteiger partial charge in [0.1, 0.15) is 23.0 Å². The molecule has 140 valence electrons. The number of thiazole rings is 1. The van der Waals surface area contributed by atoms with Gasteiger partial charge in [0.05, 0.1) is 17.1 Å². The number of para-hydroxylation sites is 1. The summed E-state index contributed by atoms with van der Waals surface area (Å²) in [6.45, 7) is 2.89. The maximum absolute atomic E-state index is 14.1. The molecular weight excluding hydrogens is 391 g/mol. The van der Waals surface area contributed by atoms with Crippen molar-refractivity contribution < 1.29 is 18.7 Å². The second-order valence-electron chi connectivity index (χ2n) is 5.51. The van der Waals surface area contributed by atoms with Crippen molar-refractivity contribution in [3.05, 3.63) is 52.4 Å². The van der Waals surface area contributed by atoms with Crippen LogP contribution in [0.3, 0.4) is 0 Å². The Hall–Kier alpha value is -2.85.